The van der Waals surface area contributed by atoms with E-state index in [9.17, 15) is 9.59 Å². The van der Waals surface area contributed by atoms with Crippen LogP contribution in [0, 0.1) is 0 Å². The monoisotopic (exact) mass is 448 g/mol. The third kappa shape index (κ3) is 4.67. The highest BCUT2D eigenvalue weighted by Gasteiger charge is 2.38. The van der Waals surface area contributed by atoms with Gasteiger partial charge in [0.1, 0.15) is 18.3 Å². The van der Waals surface area contributed by atoms with E-state index in [1.807, 2.05) is 75.5 Å². The lowest BCUT2D eigenvalue weighted by molar-refractivity contribution is -0.119. The van der Waals surface area contributed by atoms with Gasteiger partial charge in [-0.25, -0.2) is 4.79 Å². The molecule has 0 fully saturated rings. The molecule has 1 aliphatic heterocycles. The number of anilines is 1. The zero-order valence-electron chi connectivity index (χ0n) is 19.7. The van der Waals surface area contributed by atoms with Crippen LogP contribution in [0.15, 0.2) is 65.4 Å². The van der Waals surface area contributed by atoms with Gasteiger partial charge in [-0.05, 0) is 63.6 Å². The largest absolute Gasteiger partial charge is 0.467 e. The van der Waals surface area contributed by atoms with Gasteiger partial charge in [-0.2, -0.15) is 0 Å². The van der Waals surface area contributed by atoms with Crippen LogP contribution in [0.1, 0.15) is 58.0 Å². The number of para-hydroxylation sites is 2. The molecule has 1 atom stereocenters. The number of fused-ring (bicyclic) bond motifs is 3. The van der Waals surface area contributed by atoms with Gasteiger partial charge in [0, 0.05) is 18.3 Å². The highest BCUT2D eigenvalue weighted by molar-refractivity contribution is 6.00. The van der Waals surface area contributed by atoms with E-state index >= 15 is 0 Å². The van der Waals surface area contributed by atoms with E-state index in [1.165, 1.54) is 0 Å². The lowest BCUT2D eigenvalue weighted by Crippen LogP contribution is -2.52. The van der Waals surface area contributed by atoms with Gasteiger partial charge >= 0.3 is 6.03 Å². The van der Waals surface area contributed by atoms with Gasteiger partial charge in [0.05, 0.1) is 23.3 Å². The molecule has 3 heterocycles. The molecule has 1 aromatic carbocycles. The van der Waals surface area contributed by atoms with Crippen LogP contribution in [0.2, 0.25) is 0 Å². The molecule has 3 aromatic rings. The molecule has 3 amide bonds. The Morgan fingerprint density at radius 2 is 1.82 bits per heavy atom. The summed E-state index contributed by atoms with van der Waals surface area (Å²) in [7, 11) is 0. The number of hydrogen-bond acceptors (Lipinski definition) is 3. The van der Waals surface area contributed by atoms with E-state index in [2.05, 4.69) is 16.8 Å². The lowest BCUT2D eigenvalue weighted by atomic mass is 10.0. The Morgan fingerprint density at radius 3 is 2.48 bits per heavy atom. The van der Waals surface area contributed by atoms with Crippen LogP contribution in [0.25, 0.3) is 5.69 Å². The number of furan rings is 1. The number of nitrogens with one attached hydrogen (secondary N) is 1. The van der Waals surface area contributed by atoms with E-state index in [4.69, 9.17) is 4.42 Å². The first kappa shape index (κ1) is 22.7. The molecule has 33 heavy (non-hydrogen) atoms. The maximum absolute atomic E-state index is 13.9. The summed E-state index contributed by atoms with van der Waals surface area (Å²) in [6.45, 7) is 8.38. The molecule has 1 unspecified atom stereocenters. The molecule has 0 bridgehead atoms. The topological polar surface area (TPSA) is 70.7 Å². The zero-order chi connectivity index (χ0) is 23.6. The number of unbranched alkanes of at least 4 members (excludes halogenated alkanes) is 1. The fraction of sp³-hybridized carbons (Fsp3) is 0.385. The maximum Gasteiger partial charge on any atom is 0.318 e. The van der Waals surface area contributed by atoms with Crippen LogP contribution in [0.4, 0.5) is 10.5 Å². The normalized spacial score (nSPS) is 15.0. The number of rotatable bonds is 6. The average molecular weight is 449 g/mol. The second-order valence-corrected chi connectivity index (χ2v) is 9.43. The third-order valence-electron chi connectivity index (χ3n) is 5.68. The van der Waals surface area contributed by atoms with Gasteiger partial charge < -0.3 is 19.2 Å². The molecule has 7 heteroatoms. The SMILES string of the molecule is CCCCN(CC(=O)N1c2ccccc2-n2cccc2C1c1ccco1)C(=O)NC(C)(C)C. The Balaban J connectivity index is 1.71. The first-order valence-corrected chi connectivity index (χ1v) is 11.5. The first-order valence-electron chi connectivity index (χ1n) is 11.5. The number of carbonyl (C=O) groups is 2. The van der Waals surface area contributed by atoms with E-state index < -0.39 is 6.04 Å². The fourth-order valence-corrected chi connectivity index (χ4v) is 4.22. The van der Waals surface area contributed by atoms with Crippen molar-refractivity contribution in [1.82, 2.24) is 14.8 Å². The Hall–Kier alpha value is -3.48. The van der Waals surface area contributed by atoms with Crippen LogP contribution in [-0.4, -0.2) is 40.0 Å². The predicted molar refractivity (Wildman–Crippen MR) is 129 cm³/mol. The second kappa shape index (κ2) is 9.17. The molecule has 0 saturated heterocycles. The number of hydrogen-bond donors (Lipinski definition) is 1. The number of aromatic nitrogens is 1. The van der Waals surface area contributed by atoms with E-state index in [1.54, 1.807) is 16.1 Å². The van der Waals surface area contributed by atoms with Crippen molar-refractivity contribution in [3.8, 4) is 5.69 Å². The summed E-state index contributed by atoms with van der Waals surface area (Å²) < 4.78 is 7.87. The van der Waals surface area contributed by atoms with Crippen LogP contribution in [0.3, 0.4) is 0 Å². The summed E-state index contributed by atoms with van der Waals surface area (Å²) in [4.78, 5) is 30.3. The molecule has 1 aliphatic rings. The number of nitrogens with zero attached hydrogens (tertiary/aromatic N) is 3. The smallest absolute Gasteiger partial charge is 0.318 e. The third-order valence-corrected chi connectivity index (χ3v) is 5.68. The van der Waals surface area contributed by atoms with Gasteiger partial charge in [0.2, 0.25) is 5.91 Å². The van der Waals surface area contributed by atoms with E-state index in [-0.39, 0.29) is 24.0 Å². The van der Waals surface area contributed by atoms with Crippen molar-refractivity contribution in [2.45, 2.75) is 52.1 Å². The van der Waals surface area contributed by atoms with Crippen molar-refractivity contribution in [2.75, 3.05) is 18.0 Å². The van der Waals surface area contributed by atoms with Crippen molar-refractivity contribution < 1.29 is 14.0 Å². The minimum atomic E-state index is -0.420. The van der Waals surface area contributed by atoms with Crippen molar-refractivity contribution in [3.63, 3.8) is 0 Å². The van der Waals surface area contributed by atoms with Crippen molar-refractivity contribution in [3.05, 3.63) is 72.4 Å². The maximum atomic E-state index is 13.9. The van der Waals surface area contributed by atoms with Crippen LogP contribution >= 0.6 is 0 Å². The van der Waals surface area contributed by atoms with Crippen molar-refractivity contribution >= 4 is 17.6 Å². The molecule has 0 aliphatic carbocycles. The fourth-order valence-electron chi connectivity index (χ4n) is 4.22. The van der Waals surface area contributed by atoms with Gasteiger partial charge in [-0.1, -0.05) is 25.5 Å². The summed E-state index contributed by atoms with van der Waals surface area (Å²) in [5.41, 5.74) is 2.27. The molecule has 174 valence electrons. The second-order valence-electron chi connectivity index (χ2n) is 9.43. The molecular weight excluding hydrogens is 416 g/mol. The summed E-state index contributed by atoms with van der Waals surface area (Å²) in [6.07, 6.45) is 5.38. The van der Waals surface area contributed by atoms with Gasteiger partial charge in [0.15, 0.2) is 0 Å². The summed E-state index contributed by atoms with van der Waals surface area (Å²) in [5, 5.41) is 3.00. The van der Waals surface area contributed by atoms with Crippen LogP contribution in [0.5, 0.6) is 0 Å². The zero-order valence-corrected chi connectivity index (χ0v) is 19.7. The molecule has 0 spiro atoms. The molecular formula is C26H32N4O3. The number of benzene rings is 1. The number of urea groups is 1. The highest BCUT2D eigenvalue weighted by Crippen LogP contribution is 2.42. The standard InChI is InChI=1S/C26H32N4O3/c1-5-6-15-28(25(32)27-26(2,3)4)18-23(31)30-20-12-8-7-11-19(20)29-16-9-13-21(29)24(30)22-14-10-17-33-22/h7-14,16-17,24H,5-6,15,18H2,1-4H3,(H,27,32). The molecule has 2 aromatic heterocycles. The predicted octanol–water partition coefficient (Wildman–Crippen LogP) is 5.12. The highest BCUT2D eigenvalue weighted by atomic mass is 16.3. The number of carbonyl (C=O) groups excluding carboxylic acids is 2. The molecule has 0 radical (unpaired) electrons. The summed E-state index contributed by atoms with van der Waals surface area (Å²) in [6, 6.07) is 14.9. The Kier molecular flexibility index (Phi) is 6.31. The molecule has 4 rings (SSSR count). The Labute approximate surface area is 195 Å². The Bertz CT molecular complexity index is 1110. The lowest BCUT2D eigenvalue weighted by Gasteiger charge is -2.38. The van der Waals surface area contributed by atoms with E-state index in [0.717, 1.165) is 29.9 Å². The van der Waals surface area contributed by atoms with Gasteiger partial charge in [-0.15, -0.1) is 0 Å². The van der Waals surface area contributed by atoms with Gasteiger partial charge in [-0.3, -0.25) is 9.69 Å². The van der Waals surface area contributed by atoms with E-state index in [0.29, 0.717) is 12.3 Å². The molecule has 0 saturated carbocycles. The van der Waals surface area contributed by atoms with Crippen LogP contribution in [-0.2, 0) is 4.79 Å². The quantitative estimate of drug-likeness (QED) is 0.569. The van der Waals surface area contributed by atoms with Crippen molar-refractivity contribution in [1.29, 1.82) is 0 Å². The van der Waals surface area contributed by atoms with Gasteiger partial charge in [0.25, 0.3) is 0 Å². The first-order chi connectivity index (χ1) is 15.8. The average Bonchev–Trinajstić information content (AvgIpc) is 3.46. The minimum Gasteiger partial charge on any atom is -0.467 e. The summed E-state index contributed by atoms with van der Waals surface area (Å²) in [5.74, 6) is 0.522. The summed E-state index contributed by atoms with van der Waals surface area (Å²) >= 11 is 0. The molecule has 1 N–H and O–H groups in total. The Morgan fingerprint density at radius 1 is 1.06 bits per heavy atom. The van der Waals surface area contributed by atoms with Crippen molar-refractivity contribution in [2.24, 2.45) is 0 Å². The minimum absolute atomic E-state index is 0.0197. The number of amides is 3. The molecule has 7 nitrogen and oxygen atoms in total. The van der Waals surface area contributed by atoms with Crippen LogP contribution < -0.4 is 10.2 Å².